The van der Waals surface area contributed by atoms with Gasteiger partial charge < -0.3 is 9.94 Å². The fraction of sp³-hybridized carbons (Fsp3) is 0.300. The summed E-state index contributed by atoms with van der Waals surface area (Å²) in [6.45, 7) is -0.0341. The number of hydrogen-bond donors (Lipinski definition) is 1. The van der Waals surface area contributed by atoms with Crippen LogP contribution in [0.3, 0.4) is 0 Å². The monoisotopic (exact) mass is 255 g/mol. The van der Waals surface area contributed by atoms with Crippen LogP contribution >= 0.6 is 0 Å². The molecule has 1 N–H and O–H groups in total. The highest BCUT2D eigenvalue weighted by atomic mass is 32.2. The Bertz CT molecular complexity index is 594. The van der Waals surface area contributed by atoms with Crippen LogP contribution < -0.4 is 0 Å². The van der Waals surface area contributed by atoms with Crippen molar-refractivity contribution in [2.75, 3.05) is 6.61 Å². The molecule has 0 saturated carbocycles. The molecule has 1 aromatic rings. The zero-order valence-electron chi connectivity index (χ0n) is 8.61. The van der Waals surface area contributed by atoms with Crippen LogP contribution in [-0.4, -0.2) is 37.2 Å². The number of phenols is 1. The third-order valence-electron chi connectivity index (χ3n) is 2.78. The number of nitrogens with zero attached hydrogens (tertiary/aromatic N) is 1. The minimum absolute atomic E-state index is 0.0300. The van der Waals surface area contributed by atoms with Gasteiger partial charge in [-0.15, -0.1) is 0 Å². The molecule has 3 rings (SSSR count). The summed E-state index contributed by atoms with van der Waals surface area (Å²) in [6.07, 6.45) is -0.616. The van der Waals surface area contributed by atoms with E-state index in [1.54, 1.807) is 18.2 Å². The predicted molar refractivity (Wildman–Crippen MR) is 58.2 cm³/mol. The molecule has 2 aliphatic heterocycles. The molecule has 6 nitrogen and oxygen atoms in total. The van der Waals surface area contributed by atoms with Crippen molar-refractivity contribution in [3.63, 3.8) is 0 Å². The third kappa shape index (κ3) is 1.50. The lowest BCUT2D eigenvalue weighted by Crippen LogP contribution is -2.31. The minimum Gasteiger partial charge on any atom is -0.507 e. The van der Waals surface area contributed by atoms with Crippen molar-refractivity contribution in [1.29, 1.82) is 0 Å². The molecule has 7 heteroatoms. The Morgan fingerprint density at radius 2 is 2.12 bits per heavy atom. The van der Waals surface area contributed by atoms with E-state index >= 15 is 0 Å². The molecular formula is C10H9NO5S. The summed E-state index contributed by atoms with van der Waals surface area (Å²) in [5, 5.41) is 12.5. The molecular weight excluding hydrogens is 246 g/mol. The van der Waals surface area contributed by atoms with E-state index in [0.29, 0.717) is 5.56 Å². The van der Waals surface area contributed by atoms with Gasteiger partial charge in [0, 0.05) is 5.56 Å². The van der Waals surface area contributed by atoms with E-state index in [2.05, 4.69) is 9.34 Å². The maximum Gasteiger partial charge on any atom is 0.280 e. The van der Waals surface area contributed by atoms with Gasteiger partial charge in [0.15, 0.2) is 11.4 Å². The molecule has 2 heterocycles. The second-order valence-electron chi connectivity index (χ2n) is 3.84. The summed E-state index contributed by atoms with van der Waals surface area (Å²) in [6, 6.07) is 6.39. The molecule has 0 unspecified atom stereocenters. The van der Waals surface area contributed by atoms with Gasteiger partial charge in [0.05, 0.1) is 0 Å². The Morgan fingerprint density at radius 1 is 1.35 bits per heavy atom. The average Bonchev–Trinajstić information content (AvgIpc) is 2.82. The van der Waals surface area contributed by atoms with Crippen molar-refractivity contribution in [3.8, 4) is 5.75 Å². The van der Waals surface area contributed by atoms with Crippen molar-refractivity contribution in [2.45, 2.75) is 11.4 Å². The number of aromatic hydroxyl groups is 1. The van der Waals surface area contributed by atoms with Gasteiger partial charge in [-0.1, -0.05) is 17.3 Å². The van der Waals surface area contributed by atoms with E-state index in [-0.39, 0.29) is 18.1 Å². The Hall–Kier alpha value is -1.60. The molecule has 0 aliphatic carbocycles. The first kappa shape index (κ1) is 10.5. The Labute approximate surface area is 97.6 Å². The number of rotatable bonds is 1. The lowest BCUT2D eigenvalue weighted by molar-refractivity contribution is 0.0683. The van der Waals surface area contributed by atoms with Crippen molar-refractivity contribution >= 4 is 15.8 Å². The molecule has 0 spiro atoms. The highest BCUT2D eigenvalue weighted by Crippen LogP contribution is 2.32. The van der Waals surface area contributed by atoms with Crippen LogP contribution in [0, 0.1) is 0 Å². The predicted octanol–water partition coefficient (Wildman–Crippen LogP) is 0.224. The van der Waals surface area contributed by atoms with E-state index < -0.39 is 21.5 Å². The van der Waals surface area contributed by atoms with Crippen LogP contribution in [0.25, 0.3) is 0 Å². The fourth-order valence-corrected chi connectivity index (χ4v) is 3.39. The van der Waals surface area contributed by atoms with Crippen LogP contribution in [0.15, 0.2) is 29.4 Å². The summed E-state index contributed by atoms with van der Waals surface area (Å²) in [5.74, 6) is -0.0300. The molecule has 0 bridgehead atoms. The first-order valence-electron chi connectivity index (χ1n) is 5.00. The van der Waals surface area contributed by atoms with Gasteiger partial charge in [-0.2, -0.15) is 8.42 Å². The van der Waals surface area contributed by atoms with Gasteiger partial charge in [-0.05, 0) is 12.1 Å². The smallest absolute Gasteiger partial charge is 0.280 e. The summed E-state index contributed by atoms with van der Waals surface area (Å²) in [4.78, 5) is 5.01. The summed E-state index contributed by atoms with van der Waals surface area (Å²) in [7, 11) is -3.70. The number of oxime groups is 1. The number of fused-ring (bicyclic) bond motifs is 1. The SMILES string of the molecule is O=S1(=O)OC[C@H]2ON=C(c3ccccc3O)[C@H]21. The number of phenolic OH excluding ortho intramolecular Hbond substituents is 1. The second kappa shape index (κ2) is 3.44. The van der Waals surface area contributed by atoms with Crippen molar-refractivity contribution in [3.05, 3.63) is 29.8 Å². The first-order chi connectivity index (χ1) is 8.09. The summed E-state index contributed by atoms with van der Waals surface area (Å²) < 4.78 is 28.0. The zero-order chi connectivity index (χ0) is 12.0. The van der Waals surface area contributed by atoms with Crippen LogP contribution in [0.5, 0.6) is 5.75 Å². The molecule has 1 fully saturated rings. The molecule has 0 aromatic heterocycles. The maximum atomic E-state index is 11.7. The fourth-order valence-electron chi connectivity index (χ4n) is 1.98. The molecule has 1 aromatic carbocycles. The largest absolute Gasteiger partial charge is 0.507 e. The summed E-state index contributed by atoms with van der Waals surface area (Å²) >= 11 is 0. The van der Waals surface area contributed by atoms with E-state index in [4.69, 9.17) is 4.84 Å². The van der Waals surface area contributed by atoms with Crippen LogP contribution in [0.4, 0.5) is 0 Å². The second-order valence-corrected chi connectivity index (χ2v) is 5.56. The van der Waals surface area contributed by atoms with E-state index in [1.165, 1.54) is 6.07 Å². The first-order valence-corrected chi connectivity index (χ1v) is 6.47. The Morgan fingerprint density at radius 3 is 2.88 bits per heavy atom. The van der Waals surface area contributed by atoms with Crippen LogP contribution in [0.1, 0.15) is 5.56 Å². The molecule has 0 amide bonds. The van der Waals surface area contributed by atoms with Crippen LogP contribution in [-0.2, 0) is 19.1 Å². The van der Waals surface area contributed by atoms with E-state index in [0.717, 1.165) is 0 Å². The summed E-state index contributed by atoms with van der Waals surface area (Å²) in [5.41, 5.74) is 0.555. The zero-order valence-corrected chi connectivity index (χ0v) is 9.42. The van der Waals surface area contributed by atoms with Gasteiger partial charge in [0.25, 0.3) is 10.1 Å². The average molecular weight is 255 g/mol. The molecule has 0 radical (unpaired) electrons. The number of hydrogen-bond acceptors (Lipinski definition) is 6. The van der Waals surface area contributed by atoms with Gasteiger partial charge in [-0.25, -0.2) is 0 Å². The van der Waals surface area contributed by atoms with E-state index in [9.17, 15) is 13.5 Å². The molecule has 1 saturated heterocycles. The quantitative estimate of drug-likeness (QED) is 0.726. The van der Waals surface area contributed by atoms with Gasteiger partial charge in [-0.3, -0.25) is 4.18 Å². The van der Waals surface area contributed by atoms with Crippen molar-refractivity contribution in [1.82, 2.24) is 0 Å². The number of para-hydroxylation sites is 1. The van der Waals surface area contributed by atoms with Crippen LogP contribution in [0.2, 0.25) is 0 Å². The van der Waals surface area contributed by atoms with Gasteiger partial charge >= 0.3 is 0 Å². The molecule has 17 heavy (non-hydrogen) atoms. The molecule has 2 aliphatic rings. The molecule has 2 atom stereocenters. The lowest BCUT2D eigenvalue weighted by Gasteiger charge is -2.07. The Balaban J connectivity index is 2.09. The lowest BCUT2D eigenvalue weighted by atomic mass is 10.0. The normalized spacial score (nSPS) is 29.5. The van der Waals surface area contributed by atoms with Crippen molar-refractivity contribution in [2.24, 2.45) is 5.16 Å². The Kier molecular flexibility index (Phi) is 2.14. The minimum atomic E-state index is -3.70. The topological polar surface area (TPSA) is 85.2 Å². The van der Waals surface area contributed by atoms with Crippen molar-refractivity contribution < 1.29 is 22.5 Å². The van der Waals surface area contributed by atoms with Gasteiger partial charge in [0.1, 0.15) is 18.1 Å². The van der Waals surface area contributed by atoms with Gasteiger partial charge in [0.2, 0.25) is 0 Å². The van der Waals surface area contributed by atoms with E-state index in [1.807, 2.05) is 0 Å². The highest BCUT2D eigenvalue weighted by molar-refractivity contribution is 7.88. The maximum absolute atomic E-state index is 11.7. The third-order valence-corrected chi connectivity index (χ3v) is 4.39. The molecule has 90 valence electrons. The number of benzene rings is 1. The standard InChI is InChI=1S/C10H9NO5S/c12-7-4-2-1-3-6(7)9-10-8(16-11-9)5-15-17(10,13)14/h1-4,8,10,12H,5H2/t8-,10+/m1/s1. The highest BCUT2D eigenvalue weighted by Gasteiger charge is 2.51.